The van der Waals surface area contributed by atoms with Gasteiger partial charge in [0.25, 0.3) is 0 Å². The van der Waals surface area contributed by atoms with Crippen LogP contribution < -0.4 is 14.8 Å². The Bertz CT molecular complexity index is 981. The third kappa shape index (κ3) is 8.08. The van der Waals surface area contributed by atoms with Gasteiger partial charge in [0.2, 0.25) is 5.91 Å². The molecule has 2 aromatic rings. The Balaban J connectivity index is 1.86. The van der Waals surface area contributed by atoms with E-state index >= 15 is 0 Å². The lowest BCUT2D eigenvalue weighted by Crippen LogP contribution is -2.31. The molecule has 0 unspecified atom stereocenters. The molecule has 0 bridgehead atoms. The van der Waals surface area contributed by atoms with Gasteiger partial charge in [-0.05, 0) is 82.7 Å². The predicted molar refractivity (Wildman–Crippen MR) is 136 cm³/mol. The number of aryl methyl sites for hydroxylation is 2. The number of hydrogen-bond acceptors (Lipinski definition) is 4. The van der Waals surface area contributed by atoms with Crippen LogP contribution in [0.5, 0.6) is 11.5 Å². The van der Waals surface area contributed by atoms with Crippen molar-refractivity contribution in [2.45, 2.75) is 67.2 Å². The van der Waals surface area contributed by atoms with E-state index in [9.17, 15) is 14.7 Å². The zero-order valence-corrected chi connectivity index (χ0v) is 21.4. The molecule has 6 nitrogen and oxygen atoms in total. The smallest absolute Gasteiger partial charge is 0.309 e. The van der Waals surface area contributed by atoms with E-state index < -0.39 is 16.8 Å². The molecule has 0 radical (unpaired) electrons. The Kier molecular flexibility index (Phi) is 9.54. The zero-order valence-electron chi connectivity index (χ0n) is 21.4. The van der Waals surface area contributed by atoms with Gasteiger partial charge in [-0.2, -0.15) is 0 Å². The summed E-state index contributed by atoms with van der Waals surface area (Å²) < 4.78 is 11.8. The van der Waals surface area contributed by atoms with Crippen LogP contribution >= 0.6 is 0 Å². The number of nitrogens with one attached hydrogen (secondary N) is 1. The lowest BCUT2D eigenvalue weighted by Gasteiger charge is -2.24. The third-order valence-electron chi connectivity index (χ3n) is 6.08. The fourth-order valence-electron chi connectivity index (χ4n) is 3.46. The van der Waals surface area contributed by atoms with Crippen LogP contribution in [0.2, 0.25) is 0 Å². The molecule has 2 aromatic carbocycles. The summed E-state index contributed by atoms with van der Waals surface area (Å²) in [5.41, 5.74) is 1.51. The molecule has 6 heteroatoms. The molecule has 0 aliphatic carbocycles. The molecule has 34 heavy (non-hydrogen) atoms. The second-order valence-corrected chi connectivity index (χ2v) is 10.2. The lowest BCUT2D eigenvalue weighted by atomic mass is 9.87. The average molecular weight is 470 g/mol. The van der Waals surface area contributed by atoms with Crippen molar-refractivity contribution in [2.24, 2.45) is 10.8 Å². The van der Waals surface area contributed by atoms with Crippen LogP contribution in [-0.2, 0) is 9.59 Å². The van der Waals surface area contributed by atoms with E-state index in [-0.39, 0.29) is 5.91 Å². The van der Waals surface area contributed by atoms with E-state index in [4.69, 9.17) is 9.47 Å². The van der Waals surface area contributed by atoms with Gasteiger partial charge in [0.1, 0.15) is 11.5 Å². The zero-order chi connectivity index (χ0) is 25.4. The van der Waals surface area contributed by atoms with Crippen LogP contribution in [0.15, 0.2) is 42.5 Å². The molecule has 0 atom stereocenters. The molecule has 0 saturated heterocycles. The Morgan fingerprint density at radius 1 is 0.853 bits per heavy atom. The van der Waals surface area contributed by atoms with E-state index in [2.05, 4.69) is 17.4 Å². The monoisotopic (exact) mass is 469 g/mol. The quantitative estimate of drug-likeness (QED) is 0.332. The number of carboxylic acid groups (broad SMARTS) is 1. The molecule has 2 rings (SSSR count). The molecular formula is C28H39NO5. The van der Waals surface area contributed by atoms with Crippen molar-refractivity contribution in [3.05, 3.63) is 53.6 Å². The van der Waals surface area contributed by atoms with Crippen LogP contribution in [0.4, 0.5) is 5.69 Å². The molecule has 0 aliphatic rings. The lowest BCUT2D eigenvalue weighted by molar-refractivity contribution is -0.147. The maximum atomic E-state index is 13.0. The first-order chi connectivity index (χ1) is 15.9. The average Bonchev–Trinajstić information content (AvgIpc) is 2.77. The van der Waals surface area contributed by atoms with Crippen LogP contribution in [0.25, 0.3) is 0 Å². The number of para-hydroxylation sites is 2. The van der Waals surface area contributed by atoms with Gasteiger partial charge in [-0.25, -0.2) is 0 Å². The standard InChI is InChI=1S/C28H39NO5/c1-20-13-14-21(2)24(19-20)34-18-9-15-27(3,4)25(30)29-22-11-7-8-12-23(22)33-17-10-16-28(5,6)26(31)32/h7-8,11-14,19H,9-10,15-18H2,1-6H3,(H,29,30)(H,31,32). The number of anilines is 1. The minimum absolute atomic E-state index is 0.0812. The molecule has 186 valence electrons. The number of aliphatic carboxylic acids is 1. The van der Waals surface area contributed by atoms with E-state index in [1.165, 1.54) is 0 Å². The number of carbonyl (C=O) groups excluding carboxylic acids is 1. The fraction of sp³-hybridized carbons (Fsp3) is 0.500. The Labute approximate surface area is 203 Å². The summed E-state index contributed by atoms with van der Waals surface area (Å²) in [6, 6.07) is 13.5. The number of hydrogen-bond donors (Lipinski definition) is 2. The Morgan fingerprint density at radius 3 is 2.09 bits per heavy atom. The minimum Gasteiger partial charge on any atom is -0.493 e. The SMILES string of the molecule is Cc1ccc(C)c(OCCCC(C)(C)C(=O)Nc2ccccc2OCCCC(C)(C)C(=O)O)c1. The molecule has 0 aliphatic heterocycles. The normalized spacial score (nSPS) is 11.7. The highest BCUT2D eigenvalue weighted by molar-refractivity contribution is 5.96. The van der Waals surface area contributed by atoms with Gasteiger partial charge >= 0.3 is 5.97 Å². The van der Waals surface area contributed by atoms with E-state index in [1.807, 2.05) is 58.0 Å². The Hall–Kier alpha value is -3.02. The van der Waals surface area contributed by atoms with Crippen molar-refractivity contribution >= 4 is 17.6 Å². The first-order valence-corrected chi connectivity index (χ1v) is 11.9. The maximum Gasteiger partial charge on any atom is 0.309 e. The molecule has 1 amide bonds. The van der Waals surface area contributed by atoms with Crippen molar-refractivity contribution in [1.29, 1.82) is 0 Å². The molecule has 2 N–H and O–H groups in total. The summed E-state index contributed by atoms with van der Waals surface area (Å²) in [6.45, 7) is 12.3. The van der Waals surface area contributed by atoms with Gasteiger partial charge in [0.05, 0.1) is 24.3 Å². The summed E-state index contributed by atoms with van der Waals surface area (Å²) in [6.07, 6.45) is 2.55. The predicted octanol–water partition coefficient (Wildman–Crippen LogP) is 6.40. The van der Waals surface area contributed by atoms with Gasteiger partial charge in [-0.15, -0.1) is 0 Å². The van der Waals surface area contributed by atoms with Gasteiger partial charge in [-0.1, -0.05) is 38.1 Å². The number of amides is 1. The summed E-state index contributed by atoms with van der Waals surface area (Å²) in [7, 11) is 0. The molecule has 0 saturated carbocycles. The Morgan fingerprint density at radius 2 is 1.44 bits per heavy atom. The summed E-state index contributed by atoms with van der Waals surface area (Å²) in [5.74, 6) is 0.572. The number of ether oxygens (including phenoxy) is 2. The van der Waals surface area contributed by atoms with Gasteiger partial charge in [-0.3, -0.25) is 9.59 Å². The summed E-state index contributed by atoms with van der Waals surface area (Å²) in [4.78, 5) is 24.3. The molecule has 0 fully saturated rings. The van der Waals surface area contributed by atoms with Gasteiger partial charge < -0.3 is 19.9 Å². The molecular weight excluding hydrogens is 430 g/mol. The van der Waals surface area contributed by atoms with Crippen molar-refractivity contribution < 1.29 is 24.2 Å². The second-order valence-electron chi connectivity index (χ2n) is 10.2. The fourth-order valence-corrected chi connectivity index (χ4v) is 3.46. The summed E-state index contributed by atoms with van der Waals surface area (Å²) >= 11 is 0. The van der Waals surface area contributed by atoms with E-state index in [0.717, 1.165) is 23.3 Å². The first kappa shape index (κ1) is 27.2. The van der Waals surface area contributed by atoms with Crippen molar-refractivity contribution in [2.75, 3.05) is 18.5 Å². The van der Waals surface area contributed by atoms with Crippen LogP contribution in [0.1, 0.15) is 64.5 Å². The van der Waals surface area contributed by atoms with Gasteiger partial charge in [0, 0.05) is 5.41 Å². The molecule has 0 heterocycles. The maximum absolute atomic E-state index is 13.0. The van der Waals surface area contributed by atoms with Crippen LogP contribution in [0, 0.1) is 24.7 Å². The second kappa shape index (κ2) is 11.9. The van der Waals surface area contributed by atoms with Crippen molar-refractivity contribution in [1.82, 2.24) is 0 Å². The van der Waals surface area contributed by atoms with Crippen LogP contribution in [0.3, 0.4) is 0 Å². The molecule has 0 spiro atoms. The highest BCUT2D eigenvalue weighted by Crippen LogP contribution is 2.30. The summed E-state index contributed by atoms with van der Waals surface area (Å²) in [5, 5.41) is 12.2. The largest absolute Gasteiger partial charge is 0.493 e. The van der Waals surface area contributed by atoms with Gasteiger partial charge in [0.15, 0.2) is 0 Å². The first-order valence-electron chi connectivity index (χ1n) is 11.9. The number of rotatable bonds is 13. The minimum atomic E-state index is -0.818. The van der Waals surface area contributed by atoms with Crippen molar-refractivity contribution in [3.8, 4) is 11.5 Å². The molecule has 0 aromatic heterocycles. The topological polar surface area (TPSA) is 84.9 Å². The number of carbonyl (C=O) groups is 2. The van der Waals surface area contributed by atoms with E-state index in [0.29, 0.717) is 43.9 Å². The number of carboxylic acids is 1. The highest BCUT2D eigenvalue weighted by atomic mass is 16.5. The number of benzene rings is 2. The van der Waals surface area contributed by atoms with Crippen molar-refractivity contribution in [3.63, 3.8) is 0 Å². The van der Waals surface area contributed by atoms with Crippen LogP contribution in [-0.4, -0.2) is 30.2 Å². The third-order valence-corrected chi connectivity index (χ3v) is 6.08. The highest BCUT2D eigenvalue weighted by Gasteiger charge is 2.28. The van der Waals surface area contributed by atoms with E-state index in [1.54, 1.807) is 13.8 Å².